The van der Waals surface area contributed by atoms with Crippen LogP contribution in [0.3, 0.4) is 0 Å². The average Bonchev–Trinajstić information content (AvgIpc) is 2.42. The smallest absolute Gasteiger partial charge is 0.504 e. The van der Waals surface area contributed by atoms with Gasteiger partial charge in [0.15, 0.2) is 22.7 Å². The fourth-order valence-corrected chi connectivity index (χ4v) is 2.50. The van der Waals surface area contributed by atoms with Gasteiger partial charge in [-0.05, 0) is 24.3 Å². The molecule has 8 nitrogen and oxygen atoms in total. The molecule has 0 spiro atoms. The van der Waals surface area contributed by atoms with Gasteiger partial charge in [-0.3, -0.25) is 14.6 Å². The number of phosphoric acid groups is 1. The normalized spacial score (nSPS) is 11.9. The average molecular weight is 324 g/mol. The van der Waals surface area contributed by atoms with Crippen molar-refractivity contribution < 1.29 is 33.5 Å². The summed E-state index contributed by atoms with van der Waals surface area (Å²) < 4.78 is 20.5. The summed E-state index contributed by atoms with van der Waals surface area (Å²) >= 11 is 0. The van der Waals surface area contributed by atoms with Gasteiger partial charge in [0.1, 0.15) is 0 Å². The Kier molecular flexibility index (Phi) is 3.10. The van der Waals surface area contributed by atoms with Gasteiger partial charge < -0.3 is 19.2 Å². The standard InChI is InChI=1S/C13H9O8P/c14-8-3-1-2-6-10(15)7-4-5-9(21-22(17,18)19)11(16)13(7)20-12(6)8/h1-5,14,16H,(H2,17,18,19). The molecule has 0 amide bonds. The van der Waals surface area contributed by atoms with Crippen molar-refractivity contribution >= 4 is 29.8 Å². The van der Waals surface area contributed by atoms with Crippen LogP contribution < -0.4 is 9.95 Å². The van der Waals surface area contributed by atoms with Crippen molar-refractivity contribution in [3.8, 4) is 17.2 Å². The van der Waals surface area contributed by atoms with Crippen LogP contribution >= 0.6 is 7.82 Å². The van der Waals surface area contributed by atoms with E-state index in [1.807, 2.05) is 0 Å². The molecule has 0 radical (unpaired) electrons. The number of para-hydroxylation sites is 1. The molecule has 0 aliphatic rings. The van der Waals surface area contributed by atoms with Crippen LogP contribution in [0.4, 0.5) is 0 Å². The molecule has 0 fully saturated rings. The first-order valence-electron chi connectivity index (χ1n) is 5.93. The van der Waals surface area contributed by atoms with Gasteiger partial charge >= 0.3 is 7.82 Å². The molecule has 0 atom stereocenters. The van der Waals surface area contributed by atoms with Gasteiger partial charge in [-0.2, -0.15) is 0 Å². The maximum atomic E-state index is 12.3. The second kappa shape index (κ2) is 4.74. The van der Waals surface area contributed by atoms with E-state index in [2.05, 4.69) is 4.52 Å². The fraction of sp³-hybridized carbons (Fsp3) is 0. The predicted molar refractivity (Wildman–Crippen MR) is 76.0 cm³/mol. The Bertz CT molecular complexity index is 1000. The topological polar surface area (TPSA) is 137 Å². The van der Waals surface area contributed by atoms with Crippen LogP contribution in [-0.2, 0) is 4.57 Å². The molecule has 3 rings (SSSR count). The van der Waals surface area contributed by atoms with Crippen molar-refractivity contribution in [3.63, 3.8) is 0 Å². The molecule has 9 heteroatoms. The zero-order chi connectivity index (χ0) is 16.1. The van der Waals surface area contributed by atoms with E-state index in [4.69, 9.17) is 14.2 Å². The number of rotatable bonds is 2. The first-order valence-corrected chi connectivity index (χ1v) is 7.46. The van der Waals surface area contributed by atoms with Crippen LogP contribution in [0.25, 0.3) is 21.9 Å². The molecule has 22 heavy (non-hydrogen) atoms. The Morgan fingerprint density at radius 1 is 1.00 bits per heavy atom. The summed E-state index contributed by atoms with van der Waals surface area (Å²) in [6.07, 6.45) is 0. The lowest BCUT2D eigenvalue weighted by Gasteiger charge is -2.10. The number of phosphoric ester groups is 1. The number of phenolic OH excluding ortho intramolecular Hbond substituents is 2. The van der Waals surface area contributed by atoms with Gasteiger partial charge in [-0.25, -0.2) is 4.57 Å². The van der Waals surface area contributed by atoms with E-state index in [-0.39, 0.29) is 27.7 Å². The van der Waals surface area contributed by atoms with Crippen molar-refractivity contribution in [2.24, 2.45) is 0 Å². The molecule has 0 unspecified atom stereocenters. The zero-order valence-electron chi connectivity index (χ0n) is 10.8. The van der Waals surface area contributed by atoms with E-state index in [0.717, 1.165) is 6.07 Å². The van der Waals surface area contributed by atoms with Gasteiger partial charge in [-0.1, -0.05) is 6.07 Å². The second-order valence-corrected chi connectivity index (χ2v) is 5.62. The molecule has 3 aromatic rings. The minimum atomic E-state index is -4.89. The molecule has 1 heterocycles. The van der Waals surface area contributed by atoms with E-state index in [9.17, 15) is 19.6 Å². The Labute approximate surface area is 122 Å². The van der Waals surface area contributed by atoms with Crippen molar-refractivity contribution in [1.29, 1.82) is 0 Å². The van der Waals surface area contributed by atoms with Crippen LogP contribution in [0.5, 0.6) is 17.2 Å². The second-order valence-electron chi connectivity index (χ2n) is 4.46. The summed E-state index contributed by atoms with van der Waals surface area (Å²) in [5.74, 6) is -1.60. The number of hydrogen-bond donors (Lipinski definition) is 4. The van der Waals surface area contributed by atoms with Gasteiger partial charge in [0.05, 0.1) is 10.8 Å². The molecule has 0 aliphatic heterocycles. The molecule has 2 aromatic carbocycles. The van der Waals surface area contributed by atoms with Gasteiger partial charge in [0.2, 0.25) is 11.2 Å². The lowest BCUT2D eigenvalue weighted by atomic mass is 10.1. The van der Waals surface area contributed by atoms with Crippen LogP contribution in [0, 0.1) is 0 Å². The third kappa shape index (κ3) is 2.29. The van der Waals surface area contributed by atoms with Crippen LogP contribution in [0.1, 0.15) is 0 Å². The molecule has 114 valence electrons. The monoisotopic (exact) mass is 324 g/mol. The zero-order valence-corrected chi connectivity index (χ0v) is 11.7. The number of fused-ring (bicyclic) bond motifs is 2. The van der Waals surface area contributed by atoms with E-state index in [1.54, 1.807) is 0 Å². The highest BCUT2D eigenvalue weighted by Crippen LogP contribution is 2.44. The Hall–Kier alpha value is -2.54. The summed E-state index contributed by atoms with van der Waals surface area (Å²) in [6, 6.07) is 6.45. The predicted octanol–water partition coefficient (Wildman–Crippen LogP) is 1.83. The van der Waals surface area contributed by atoms with Crippen molar-refractivity contribution in [1.82, 2.24) is 0 Å². The minimum Gasteiger partial charge on any atom is -0.504 e. The third-order valence-corrected chi connectivity index (χ3v) is 3.43. The summed E-state index contributed by atoms with van der Waals surface area (Å²) in [6.45, 7) is 0. The maximum Gasteiger partial charge on any atom is 0.524 e. The number of hydrogen-bond acceptors (Lipinski definition) is 6. The Morgan fingerprint density at radius 3 is 2.36 bits per heavy atom. The van der Waals surface area contributed by atoms with E-state index >= 15 is 0 Å². The summed E-state index contributed by atoms with van der Waals surface area (Å²) in [7, 11) is -4.89. The highest BCUT2D eigenvalue weighted by Gasteiger charge is 2.22. The summed E-state index contributed by atoms with van der Waals surface area (Å²) in [5.41, 5.74) is -1.00. The molecule has 0 aliphatic carbocycles. The largest absolute Gasteiger partial charge is 0.524 e. The Balaban J connectivity index is 2.40. The number of benzene rings is 2. The van der Waals surface area contributed by atoms with E-state index < -0.39 is 24.8 Å². The summed E-state index contributed by atoms with van der Waals surface area (Å²) in [4.78, 5) is 29.9. The van der Waals surface area contributed by atoms with Gasteiger partial charge in [0, 0.05) is 0 Å². The van der Waals surface area contributed by atoms with E-state index in [0.29, 0.717) is 0 Å². The molecule has 4 N–H and O–H groups in total. The molecule has 1 aromatic heterocycles. The maximum absolute atomic E-state index is 12.3. The fourth-order valence-electron chi connectivity index (χ4n) is 2.10. The van der Waals surface area contributed by atoms with Crippen LogP contribution in [0.2, 0.25) is 0 Å². The highest BCUT2D eigenvalue weighted by molar-refractivity contribution is 7.46. The molecule has 0 saturated carbocycles. The first-order chi connectivity index (χ1) is 10.3. The lowest BCUT2D eigenvalue weighted by molar-refractivity contribution is 0.278. The Morgan fingerprint density at radius 2 is 1.68 bits per heavy atom. The van der Waals surface area contributed by atoms with Gasteiger partial charge in [0.25, 0.3) is 0 Å². The molecule has 0 saturated heterocycles. The molecular formula is C13H9O8P. The highest BCUT2D eigenvalue weighted by atomic mass is 31.2. The molecule has 0 bridgehead atoms. The van der Waals surface area contributed by atoms with Crippen LogP contribution in [-0.4, -0.2) is 20.0 Å². The van der Waals surface area contributed by atoms with Crippen molar-refractivity contribution in [2.45, 2.75) is 0 Å². The van der Waals surface area contributed by atoms with Gasteiger partial charge in [-0.15, -0.1) is 0 Å². The minimum absolute atomic E-state index is 0.0198. The SMILES string of the molecule is O=c1c2cccc(O)c2oc2c(O)c(OP(=O)(O)O)ccc12. The number of aromatic hydroxyl groups is 2. The molecular weight excluding hydrogens is 315 g/mol. The lowest BCUT2D eigenvalue weighted by Crippen LogP contribution is -2.02. The van der Waals surface area contributed by atoms with E-state index in [1.165, 1.54) is 24.3 Å². The van der Waals surface area contributed by atoms with Crippen molar-refractivity contribution in [2.75, 3.05) is 0 Å². The summed E-state index contributed by atoms with van der Waals surface area (Å²) in [5, 5.41) is 19.8. The van der Waals surface area contributed by atoms with Crippen LogP contribution in [0.15, 0.2) is 39.5 Å². The quantitative estimate of drug-likeness (QED) is 0.414. The number of phenols is 2. The van der Waals surface area contributed by atoms with Crippen molar-refractivity contribution in [3.05, 3.63) is 40.6 Å². The third-order valence-electron chi connectivity index (χ3n) is 3.00. The first kappa shape index (κ1) is 14.4.